The molecule has 1 aliphatic rings. The van der Waals surface area contributed by atoms with E-state index in [1.54, 1.807) is 22.7 Å². The number of fused-ring (bicyclic) bond motifs is 10. The van der Waals surface area contributed by atoms with Gasteiger partial charge in [0.25, 0.3) is 0 Å². The third-order valence-corrected chi connectivity index (χ3v) is 14.8. The zero-order valence-electron chi connectivity index (χ0n) is 33.5. The summed E-state index contributed by atoms with van der Waals surface area (Å²) < 4.78 is 11.5. The minimum Gasteiger partial charge on any atom is -0.456 e. The van der Waals surface area contributed by atoms with Crippen molar-refractivity contribution < 1.29 is 4.42 Å². The average molecular weight is 808 g/mol. The maximum atomic E-state index is 6.64. The Morgan fingerprint density at radius 2 is 1.08 bits per heavy atom. The van der Waals surface area contributed by atoms with Crippen molar-refractivity contribution in [2.24, 2.45) is 0 Å². The molecule has 0 amide bonds. The minimum atomic E-state index is -0.146. The van der Waals surface area contributed by atoms with Crippen LogP contribution in [0.25, 0.3) is 113 Å². The maximum absolute atomic E-state index is 6.64. The Bertz CT molecular complexity index is 3670. The predicted octanol–water partition coefficient (Wildman–Crippen LogP) is 15.8. The Kier molecular flexibility index (Phi) is 7.71. The number of hydrogen-bond acceptors (Lipinski definition) is 6. The summed E-state index contributed by atoms with van der Waals surface area (Å²) in [4.78, 5) is 16.2. The van der Waals surface area contributed by atoms with Gasteiger partial charge in [0, 0.05) is 73.2 Å². The van der Waals surface area contributed by atoms with Crippen LogP contribution in [0.15, 0.2) is 162 Å². The van der Waals surface area contributed by atoms with E-state index in [0.29, 0.717) is 17.5 Å². The summed E-state index contributed by atoms with van der Waals surface area (Å²) in [6.07, 6.45) is 4.53. The molecule has 60 heavy (non-hydrogen) atoms. The Balaban J connectivity index is 1.12. The molecule has 4 nitrogen and oxygen atoms in total. The van der Waals surface area contributed by atoms with E-state index < -0.39 is 0 Å². The van der Waals surface area contributed by atoms with Crippen molar-refractivity contribution >= 4 is 90.5 Å². The first kappa shape index (κ1) is 35.2. The van der Waals surface area contributed by atoms with Crippen molar-refractivity contribution in [3.05, 3.63) is 168 Å². The molecule has 0 fully saturated rings. The summed E-state index contributed by atoms with van der Waals surface area (Å²) in [6, 6.07) is 49.8. The lowest BCUT2D eigenvalue weighted by atomic mass is 9.78. The fourth-order valence-corrected chi connectivity index (χ4v) is 12.3. The number of benzene rings is 7. The van der Waals surface area contributed by atoms with Crippen molar-refractivity contribution in [3.63, 3.8) is 0 Å². The second-order valence-corrected chi connectivity index (χ2v) is 18.2. The number of hydrogen-bond donors (Lipinski definition) is 0. The largest absolute Gasteiger partial charge is 0.456 e. The van der Waals surface area contributed by atoms with E-state index in [1.807, 2.05) is 6.07 Å². The van der Waals surface area contributed by atoms with Crippen LogP contribution in [0.1, 0.15) is 38.8 Å². The van der Waals surface area contributed by atoms with Gasteiger partial charge in [-0.1, -0.05) is 123 Å². The zero-order valence-corrected chi connectivity index (χ0v) is 35.1. The molecule has 0 saturated carbocycles. The summed E-state index contributed by atoms with van der Waals surface area (Å²) in [5.74, 6) is 1.91. The SMILES string of the molecule is C/C=C1\C(=C/C)c2cccc(-c3ccc4oc5cccc(-c6nc(-c7cccc8c7sc7ccccc78)nc(-c7cccc8sc9ccccc9c78)n6)c5c4c3)c2C1(C)C. The van der Waals surface area contributed by atoms with Crippen LogP contribution in [-0.2, 0) is 5.41 Å². The molecule has 6 heteroatoms. The normalized spacial score (nSPS) is 15.2. The van der Waals surface area contributed by atoms with Crippen LogP contribution < -0.4 is 0 Å². The van der Waals surface area contributed by atoms with E-state index >= 15 is 0 Å². The number of rotatable bonds is 4. The molecule has 286 valence electrons. The monoisotopic (exact) mass is 807 g/mol. The summed E-state index contributed by atoms with van der Waals surface area (Å²) >= 11 is 3.59. The standard InChI is InChI=1S/C54H37N3OS2/c1-5-31-34-18-11-17-32(49(34)54(3,4)41(31)6-2)30-27-28-42-40(29-30)47-37(20-13-23-43(47)58-42)51-55-52(38-21-14-26-46-48(38)36-16-8-10-25-45(36)59-46)57-53(56-51)39-22-12-19-35-33-15-7-9-24-44(33)60-50(35)39/h5-29H,1-4H3/b31-5-,41-6+. The van der Waals surface area contributed by atoms with Gasteiger partial charge < -0.3 is 4.42 Å². The zero-order chi connectivity index (χ0) is 40.3. The van der Waals surface area contributed by atoms with Crippen molar-refractivity contribution in [2.45, 2.75) is 33.1 Å². The lowest BCUT2D eigenvalue weighted by molar-refractivity contribution is 0.661. The van der Waals surface area contributed by atoms with E-state index in [0.717, 1.165) is 48.9 Å². The molecule has 4 aromatic heterocycles. The molecule has 0 spiro atoms. The van der Waals surface area contributed by atoms with Crippen molar-refractivity contribution in [1.82, 2.24) is 15.0 Å². The van der Waals surface area contributed by atoms with Gasteiger partial charge in [-0.25, -0.2) is 15.0 Å². The average Bonchev–Trinajstić information content (AvgIpc) is 4.03. The number of nitrogens with zero attached hydrogens (tertiary/aromatic N) is 3. The highest BCUT2D eigenvalue weighted by atomic mass is 32.1. The Morgan fingerprint density at radius 3 is 1.87 bits per heavy atom. The van der Waals surface area contributed by atoms with Gasteiger partial charge in [-0.3, -0.25) is 0 Å². The van der Waals surface area contributed by atoms with Gasteiger partial charge in [-0.2, -0.15) is 0 Å². The third kappa shape index (κ3) is 5.04. The highest BCUT2D eigenvalue weighted by molar-refractivity contribution is 7.26. The fraction of sp³-hybridized carbons (Fsp3) is 0.0926. The van der Waals surface area contributed by atoms with Crippen LogP contribution in [0.5, 0.6) is 0 Å². The van der Waals surface area contributed by atoms with Crippen LogP contribution in [0.3, 0.4) is 0 Å². The van der Waals surface area contributed by atoms with Crippen molar-refractivity contribution in [3.8, 4) is 45.3 Å². The predicted molar refractivity (Wildman–Crippen MR) is 255 cm³/mol. The molecule has 7 aromatic carbocycles. The van der Waals surface area contributed by atoms with Crippen molar-refractivity contribution in [2.75, 3.05) is 0 Å². The molecule has 0 atom stereocenters. The van der Waals surface area contributed by atoms with Gasteiger partial charge in [0.05, 0.1) is 0 Å². The molecule has 12 rings (SSSR count). The Hall–Kier alpha value is -6.73. The van der Waals surface area contributed by atoms with Crippen LogP contribution >= 0.6 is 22.7 Å². The topological polar surface area (TPSA) is 51.8 Å². The molecule has 0 aliphatic heterocycles. The van der Waals surface area contributed by atoms with Gasteiger partial charge in [0.1, 0.15) is 11.2 Å². The highest BCUT2D eigenvalue weighted by Crippen LogP contribution is 2.53. The molecule has 0 N–H and O–H groups in total. The second-order valence-electron chi connectivity index (χ2n) is 16.1. The first-order valence-electron chi connectivity index (χ1n) is 20.4. The van der Waals surface area contributed by atoms with Gasteiger partial charge in [0.2, 0.25) is 0 Å². The molecule has 1 aliphatic carbocycles. The fourth-order valence-electron chi connectivity index (χ4n) is 9.94. The van der Waals surface area contributed by atoms with Crippen molar-refractivity contribution in [1.29, 1.82) is 0 Å². The number of aromatic nitrogens is 3. The van der Waals surface area contributed by atoms with Crippen LogP contribution in [0.4, 0.5) is 0 Å². The quantitative estimate of drug-likeness (QED) is 0.178. The summed E-state index contributed by atoms with van der Waals surface area (Å²) in [7, 11) is 0. The van der Waals surface area contributed by atoms with E-state index in [2.05, 4.69) is 173 Å². The van der Waals surface area contributed by atoms with Gasteiger partial charge in [-0.15, -0.1) is 22.7 Å². The first-order chi connectivity index (χ1) is 29.4. The van der Waals surface area contributed by atoms with E-state index in [-0.39, 0.29) is 5.41 Å². The highest BCUT2D eigenvalue weighted by Gasteiger charge is 2.39. The molecule has 11 aromatic rings. The summed E-state index contributed by atoms with van der Waals surface area (Å²) in [6.45, 7) is 8.99. The van der Waals surface area contributed by atoms with E-state index in [9.17, 15) is 0 Å². The first-order valence-corrected chi connectivity index (χ1v) is 22.1. The van der Waals surface area contributed by atoms with Crippen LogP contribution in [0.2, 0.25) is 0 Å². The van der Waals surface area contributed by atoms with E-state index in [4.69, 9.17) is 19.4 Å². The van der Waals surface area contributed by atoms with Crippen LogP contribution in [0, 0.1) is 0 Å². The third-order valence-electron chi connectivity index (χ3n) is 12.5. The molecule has 4 heterocycles. The summed E-state index contributed by atoms with van der Waals surface area (Å²) in [5, 5.41) is 6.84. The molecule has 0 saturated heterocycles. The number of thiophene rings is 2. The molecule has 0 radical (unpaired) electrons. The summed E-state index contributed by atoms with van der Waals surface area (Å²) in [5.41, 5.74) is 12.1. The van der Waals surface area contributed by atoms with Crippen LogP contribution in [-0.4, -0.2) is 15.0 Å². The molecule has 0 bridgehead atoms. The molecular weight excluding hydrogens is 771 g/mol. The lowest BCUT2D eigenvalue weighted by Crippen LogP contribution is -2.16. The smallest absolute Gasteiger partial charge is 0.165 e. The number of furan rings is 1. The number of allylic oxidation sites excluding steroid dienone is 4. The Labute approximate surface area is 354 Å². The van der Waals surface area contributed by atoms with E-state index in [1.165, 1.54) is 63.5 Å². The minimum absolute atomic E-state index is 0.146. The molecule has 0 unspecified atom stereocenters. The van der Waals surface area contributed by atoms with Gasteiger partial charge in [-0.05, 0) is 89.7 Å². The maximum Gasteiger partial charge on any atom is 0.165 e. The van der Waals surface area contributed by atoms with Gasteiger partial charge >= 0.3 is 0 Å². The molecular formula is C54H37N3OS2. The Morgan fingerprint density at radius 1 is 0.483 bits per heavy atom. The van der Waals surface area contributed by atoms with Gasteiger partial charge in [0.15, 0.2) is 17.5 Å². The second kappa shape index (κ2) is 13.1. The lowest BCUT2D eigenvalue weighted by Gasteiger charge is -2.24.